The number of hydrogen-bond acceptors (Lipinski definition) is 6. The molecule has 1 amide bonds. The Labute approximate surface area is 202 Å². The third-order valence-corrected chi connectivity index (χ3v) is 10.2. The summed E-state index contributed by atoms with van der Waals surface area (Å²) >= 11 is 0. The summed E-state index contributed by atoms with van der Waals surface area (Å²) in [6.07, 6.45) is 13.6. The fourth-order valence-electron chi connectivity index (χ4n) is 8.59. The Hall–Kier alpha value is -2.04. The number of nitrogens with zero attached hydrogens (tertiary/aromatic N) is 3. The molecule has 7 heteroatoms. The van der Waals surface area contributed by atoms with Crippen molar-refractivity contribution in [3.8, 4) is 6.07 Å². The first-order chi connectivity index (χ1) is 16.4. The summed E-state index contributed by atoms with van der Waals surface area (Å²) in [6, 6.07) is 1.91. The average molecular weight is 467 g/mol. The van der Waals surface area contributed by atoms with Crippen LogP contribution in [-0.4, -0.2) is 40.3 Å². The topological polar surface area (TPSA) is 108 Å². The van der Waals surface area contributed by atoms with Gasteiger partial charge in [-0.05, 0) is 99.2 Å². The van der Waals surface area contributed by atoms with Gasteiger partial charge in [-0.1, -0.05) is 6.92 Å². The van der Waals surface area contributed by atoms with E-state index in [1.54, 1.807) is 7.11 Å². The van der Waals surface area contributed by atoms with Gasteiger partial charge in [-0.3, -0.25) is 4.79 Å². The average Bonchev–Trinajstić information content (AvgIpc) is 3.20. The number of nitrogens with one attached hydrogen (secondary N) is 1. The third-order valence-electron chi connectivity index (χ3n) is 10.2. The van der Waals surface area contributed by atoms with Gasteiger partial charge in [-0.2, -0.15) is 5.26 Å². The largest absolute Gasteiger partial charge is 0.390 e. The highest BCUT2D eigenvalue weighted by molar-refractivity contribution is 5.93. The number of hydrogen-bond donors (Lipinski definition) is 2. The van der Waals surface area contributed by atoms with Crippen LogP contribution < -0.4 is 5.32 Å². The Kier molecular flexibility index (Phi) is 6.41. The molecule has 0 unspecified atom stereocenters. The maximum absolute atomic E-state index is 13.3. The van der Waals surface area contributed by atoms with Gasteiger partial charge in [0.05, 0.1) is 23.7 Å². The molecule has 8 atom stereocenters. The van der Waals surface area contributed by atoms with Crippen LogP contribution in [0.2, 0.25) is 0 Å². The summed E-state index contributed by atoms with van der Waals surface area (Å²) in [4.78, 5) is 21.3. The van der Waals surface area contributed by atoms with Gasteiger partial charge >= 0.3 is 0 Å². The number of carbonyl (C=O) groups excluding carboxylic acids is 1. The van der Waals surface area contributed by atoms with E-state index in [2.05, 4.69) is 22.2 Å². The maximum Gasteiger partial charge on any atom is 0.232 e. The molecule has 34 heavy (non-hydrogen) atoms. The molecule has 184 valence electrons. The summed E-state index contributed by atoms with van der Waals surface area (Å²) in [5.74, 6) is 3.63. The Morgan fingerprint density at radius 2 is 1.91 bits per heavy atom. The molecule has 0 aromatic carbocycles. The highest BCUT2D eigenvalue weighted by atomic mass is 16.5. The van der Waals surface area contributed by atoms with Crippen molar-refractivity contribution in [1.29, 1.82) is 5.26 Å². The third kappa shape index (κ3) is 4.13. The van der Waals surface area contributed by atoms with E-state index in [4.69, 9.17) is 10.00 Å². The van der Waals surface area contributed by atoms with Crippen LogP contribution in [0.15, 0.2) is 12.4 Å². The van der Waals surface area contributed by atoms with Crippen molar-refractivity contribution in [3.63, 3.8) is 0 Å². The lowest BCUT2D eigenvalue weighted by Gasteiger charge is -2.57. The summed E-state index contributed by atoms with van der Waals surface area (Å²) in [5.41, 5.74) is 0.0617. The second-order valence-corrected chi connectivity index (χ2v) is 11.7. The number of anilines is 1. The van der Waals surface area contributed by atoms with E-state index in [-0.39, 0.29) is 23.1 Å². The Morgan fingerprint density at radius 3 is 2.65 bits per heavy atom. The molecule has 1 aromatic rings. The van der Waals surface area contributed by atoms with E-state index in [0.29, 0.717) is 30.0 Å². The van der Waals surface area contributed by atoms with E-state index < -0.39 is 5.60 Å². The summed E-state index contributed by atoms with van der Waals surface area (Å²) in [5, 5.41) is 23.0. The maximum atomic E-state index is 13.3. The Morgan fingerprint density at radius 1 is 1.15 bits per heavy atom. The van der Waals surface area contributed by atoms with Crippen LogP contribution in [-0.2, 0) is 9.53 Å². The SMILES string of the molecule is COCC[C@@]1(O)CC[C@H]2[C@H](CC[C@@H]3[C@@H]2CC[C@]2(C)[C@@H](C(=O)Nc4cnc(C#N)nc4)CC[C@@H]32)C1. The standard InChI is InChI=1S/C27H38N4O3/c1-26-9-7-20-19-8-10-27(33,11-12-34-2)13-17(19)3-4-21(20)22(26)5-6-23(26)25(32)31-18-15-29-24(14-28)30-16-18/h15-17,19-23,33H,3-13H2,1-2H3,(H,31,32)/t17-,19+,20-,21-,22+,23-,26+,27+/m1/s1. The number of methoxy groups -OCH3 is 1. The van der Waals surface area contributed by atoms with Crippen LogP contribution >= 0.6 is 0 Å². The van der Waals surface area contributed by atoms with Crippen LogP contribution in [0.3, 0.4) is 0 Å². The summed E-state index contributed by atoms with van der Waals surface area (Å²) < 4.78 is 5.25. The normalized spacial score (nSPS) is 41.0. The smallest absolute Gasteiger partial charge is 0.232 e. The zero-order chi connectivity index (χ0) is 23.9. The predicted molar refractivity (Wildman–Crippen MR) is 127 cm³/mol. The lowest BCUT2D eigenvalue weighted by Crippen LogP contribution is -2.52. The number of carbonyl (C=O) groups is 1. The molecular formula is C27H38N4O3. The molecule has 2 N–H and O–H groups in total. The van der Waals surface area contributed by atoms with Gasteiger partial charge in [0.1, 0.15) is 6.07 Å². The lowest BCUT2D eigenvalue weighted by atomic mass is 9.49. The molecule has 4 fully saturated rings. The number of nitriles is 1. The first-order valence-corrected chi connectivity index (χ1v) is 13.1. The van der Waals surface area contributed by atoms with Crippen molar-refractivity contribution in [3.05, 3.63) is 18.2 Å². The molecule has 1 aromatic heterocycles. The fourth-order valence-corrected chi connectivity index (χ4v) is 8.59. The van der Waals surface area contributed by atoms with E-state index in [1.807, 2.05) is 6.07 Å². The second-order valence-electron chi connectivity index (χ2n) is 11.7. The number of aliphatic hydroxyl groups is 1. The zero-order valence-electron chi connectivity index (χ0n) is 20.5. The van der Waals surface area contributed by atoms with E-state index in [1.165, 1.54) is 31.7 Å². The molecule has 5 rings (SSSR count). The first kappa shape index (κ1) is 23.7. The van der Waals surface area contributed by atoms with Gasteiger partial charge in [0.25, 0.3) is 0 Å². The van der Waals surface area contributed by atoms with E-state index in [0.717, 1.165) is 56.8 Å². The Bertz CT molecular complexity index is 946. The molecule has 0 bridgehead atoms. The van der Waals surface area contributed by atoms with E-state index in [9.17, 15) is 9.90 Å². The molecule has 0 saturated heterocycles. The van der Waals surface area contributed by atoms with Crippen molar-refractivity contribution < 1.29 is 14.6 Å². The molecule has 0 aliphatic heterocycles. The van der Waals surface area contributed by atoms with Gasteiger partial charge in [-0.15, -0.1) is 0 Å². The first-order valence-electron chi connectivity index (χ1n) is 13.1. The quantitative estimate of drug-likeness (QED) is 0.669. The van der Waals surface area contributed by atoms with Crippen molar-refractivity contribution >= 4 is 11.6 Å². The predicted octanol–water partition coefficient (Wildman–Crippen LogP) is 4.32. The number of aromatic nitrogens is 2. The lowest BCUT2D eigenvalue weighted by molar-refractivity contribution is -0.131. The molecule has 0 radical (unpaired) electrons. The number of rotatable bonds is 5. The van der Waals surface area contributed by atoms with Crippen molar-refractivity contribution in [2.24, 2.45) is 40.9 Å². The van der Waals surface area contributed by atoms with Gasteiger partial charge < -0.3 is 15.2 Å². The molecular weight excluding hydrogens is 428 g/mol. The summed E-state index contributed by atoms with van der Waals surface area (Å²) in [7, 11) is 1.71. The molecule has 0 spiro atoms. The van der Waals surface area contributed by atoms with Gasteiger partial charge in [0.15, 0.2) is 0 Å². The number of ether oxygens (including phenoxy) is 1. The van der Waals surface area contributed by atoms with Crippen molar-refractivity contribution in [2.75, 3.05) is 19.0 Å². The van der Waals surface area contributed by atoms with Gasteiger partial charge in [0.2, 0.25) is 11.7 Å². The van der Waals surface area contributed by atoms with Crippen molar-refractivity contribution in [2.45, 2.75) is 76.7 Å². The minimum atomic E-state index is -0.543. The van der Waals surface area contributed by atoms with Crippen LogP contribution in [0.25, 0.3) is 0 Å². The highest BCUT2D eigenvalue weighted by Gasteiger charge is 2.59. The summed E-state index contributed by atoms with van der Waals surface area (Å²) in [6.45, 7) is 3.00. The number of amides is 1. The molecule has 7 nitrogen and oxygen atoms in total. The van der Waals surface area contributed by atoms with Crippen LogP contribution in [0.1, 0.15) is 77.0 Å². The second kappa shape index (κ2) is 9.20. The molecule has 1 heterocycles. The van der Waals surface area contributed by atoms with Crippen LogP contribution in [0.4, 0.5) is 5.69 Å². The molecule has 4 aliphatic carbocycles. The van der Waals surface area contributed by atoms with Crippen LogP contribution in [0, 0.1) is 52.3 Å². The van der Waals surface area contributed by atoms with Crippen molar-refractivity contribution in [1.82, 2.24) is 9.97 Å². The zero-order valence-corrected chi connectivity index (χ0v) is 20.5. The Balaban J connectivity index is 1.25. The minimum Gasteiger partial charge on any atom is -0.390 e. The fraction of sp³-hybridized carbons (Fsp3) is 0.778. The highest BCUT2D eigenvalue weighted by Crippen LogP contribution is 2.64. The monoisotopic (exact) mass is 466 g/mol. The number of fused-ring (bicyclic) bond motifs is 5. The molecule has 4 saturated carbocycles. The van der Waals surface area contributed by atoms with Gasteiger partial charge in [0, 0.05) is 19.6 Å². The van der Waals surface area contributed by atoms with Gasteiger partial charge in [-0.25, -0.2) is 9.97 Å². The minimum absolute atomic E-state index is 0.0114. The molecule has 4 aliphatic rings. The van der Waals surface area contributed by atoms with E-state index >= 15 is 0 Å². The van der Waals surface area contributed by atoms with Crippen LogP contribution in [0.5, 0.6) is 0 Å².